The predicted molar refractivity (Wildman–Crippen MR) is 127 cm³/mol. The van der Waals surface area contributed by atoms with Crippen LogP contribution in [0, 0.1) is 5.82 Å². The van der Waals surface area contributed by atoms with E-state index in [1.165, 1.54) is 12.1 Å². The molecule has 0 aliphatic carbocycles. The first-order valence-corrected chi connectivity index (χ1v) is 12.7. The molecule has 0 atom stereocenters. The normalized spacial score (nSPS) is 18.4. The van der Waals surface area contributed by atoms with E-state index >= 15 is 0 Å². The second kappa shape index (κ2) is 8.89. The minimum Gasteiger partial charge on any atom is -0.496 e. The number of hydrogen-bond acceptors (Lipinski definition) is 5. The fourth-order valence-electron chi connectivity index (χ4n) is 4.76. The number of nitrogens with zero attached hydrogens (tertiary/aromatic N) is 2. The van der Waals surface area contributed by atoms with Crippen LogP contribution in [0.3, 0.4) is 0 Å². The summed E-state index contributed by atoms with van der Waals surface area (Å²) in [4.78, 5) is 7.80. The minimum atomic E-state index is -3.29. The first-order chi connectivity index (χ1) is 16.0. The lowest BCUT2D eigenvalue weighted by molar-refractivity contribution is 0.411. The molecule has 4 heterocycles. The van der Waals surface area contributed by atoms with Crippen LogP contribution in [0.5, 0.6) is 5.75 Å². The summed E-state index contributed by atoms with van der Waals surface area (Å²) in [7, 11) is -1.73. The van der Waals surface area contributed by atoms with Crippen molar-refractivity contribution in [2.24, 2.45) is 0 Å². The molecule has 1 aromatic carbocycles. The first kappa shape index (κ1) is 22.1. The Labute approximate surface area is 192 Å². The van der Waals surface area contributed by atoms with Gasteiger partial charge in [0.15, 0.2) is 0 Å². The molecular weight excluding hydrogens is 443 g/mol. The number of halogens is 1. The monoisotopic (exact) mass is 470 g/mol. The van der Waals surface area contributed by atoms with E-state index < -0.39 is 10.0 Å². The topological polar surface area (TPSA) is 87.3 Å². The Morgan fingerprint density at radius 3 is 2.70 bits per heavy atom. The fraction of sp³-hybridized carbons (Fsp3) is 0.375. The second-order valence-corrected chi connectivity index (χ2v) is 10.7. The van der Waals surface area contributed by atoms with Gasteiger partial charge >= 0.3 is 0 Å². The number of sulfonamides is 1. The van der Waals surface area contributed by atoms with Gasteiger partial charge in [-0.15, -0.1) is 0 Å². The molecule has 7 nitrogen and oxygen atoms in total. The highest BCUT2D eigenvalue weighted by molar-refractivity contribution is 7.89. The Balaban J connectivity index is 1.44. The van der Waals surface area contributed by atoms with Crippen LogP contribution in [0.2, 0.25) is 0 Å². The zero-order valence-corrected chi connectivity index (χ0v) is 19.3. The number of piperidine rings is 1. The van der Waals surface area contributed by atoms with Gasteiger partial charge in [-0.1, -0.05) is 6.08 Å². The lowest BCUT2D eigenvalue weighted by Crippen LogP contribution is -2.45. The molecule has 9 heteroatoms. The molecule has 0 bridgehead atoms. The molecule has 1 fully saturated rings. The summed E-state index contributed by atoms with van der Waals surface area (Å²) in [5.41, 5.74) is 4.14. The number of nitrogens with one attached hydrogen (secondary N) is 2. The standard InChI is InChI=1S/C24H27FN4O3S/c1-32-23-3-2-17(25)14-20(23)19-6-11-27-24-21(19)15-22(28-24)16-7-12-29(13-8-16)33(30,31)18-4-9-26-10-5-18/h2-3,6-7,11,14-15,18,26H,4-5,8-10,12-13H2,1H3,(H,27,28). The van der Waals surface area contributed by atoms with Crippen LogP contribution >= 0.6 is 0 Å². The van der Waals surface area contributed by atoms with Crippen LogP contribution in [0.1, 0.15) is 25.0 Å². The van der Waals surface area contributed by atoms with E-state index in [9.17, 15) is 12.8 Å². The van der Waals surface area contributed by atoms with Crippen molar-refractivity contribution in [3.05, 3.63) is 54.1 Å². The molecule has 1 saturated heterocycles. The van der Waals surface area contributed by atoms with Crippen molar-refractivity contribution in [3.63, 3.8) is 0 Å². The van der Waals surface area contributed by atoms with Crippen molar-refractivity contribution in [1.82, 2.24) is 19.6 Å². The van der Waals surface area contributed by atoms with Gasteiger partial charge in [-0.05, 0) is 73.8 Å². The van der Waals surface area contributed by atoms with Crippen LogP contribution < -0.4 is 10.1 Å². The number of benzene rings is 1. The van der Waals surface area contributed by atoms with Gasteiger partial charge in [0.25, 0.3) is 0 Å². The number of H-pyrrole nitrogens is 1. The number of pyridine rings is 1. The molecule has 33 heavy (non-hydrogen) atoms. The second-order valence-electron chi connectivity index (χ2n) is 8.48. The van der Waals surface area contributed by atoms with Gasteiger partial charge in [-0.25, -0.2) is 17.8 Å². The van der Waals surface area contributed by atoms with Crippen LogP contribution in [0.4, 0.5) is 4.39 Å². The highest BCUT2D eigenvalue weighted by Crippen LogP contribution is 2.36. The van der Waals surface area contributed by atoms with Gasteiger partial charge < -0.3 is 15.0 Å². The van der Waals surface area contributed by atoms with E-state index in [4.69, 9.17) is 4.74 Å². The first-order valence-electron chi connectivity index (χ1n) is 11.2. The van der Waals surface area contributed by atoms with Gasteiger partial charge in [0.2, 0.25) is 10.0 Å². The largest absolute Gasteiger partial charge is 0.496 e. The van der Waals surface area contributed by atoms with Gasteiger partial charge in [0.1, 0.15) is 17.2 Å². The summed E-state index contributed by atoms with van der Waals surface area (Å²) in [6.45, 7) is 2.33. The third kappa shape index (κ3) is 4.16. The summed E-state index contributed by atoms with van der Waals surface area (Å²) in [5, 5.41) is 3.79. The summed E-state index contributed by atoms with van der Waals surface area (Å²) < 4.78 is 47.1. The van der Waals surface area contributed by atoms with E-state index in [2.05, 4.69) is 15.3 Å². The van der Waals surface area contributed by atoms with E-state index in [-0.39, 0.29) is 11.1 Å². The van der Waals surface area contributed by atoms with Crippen molar-refractivity contribution < 1.29 is 17.5 Å². The molecule has 0 spiro atoms. The Hall–Kier alpha value is -2.75. The van der Waals surface area contributed by atoms with Gasteiger partial charge in [0.05, 0.1) is 12.4 Å². The Kier molecular flexibility index (Phi) is 5.94. The fourth-order valence-corrected chi connectivity index (χ4v) is 6.64. The average Bonchev–Trinajstić information content (AvgIpc) is 3.29. The van der Waals surface area contributed by atoms with Crippen LogP contribution in [-0.4, -0.2) is 61.2 Å². The van der Waals surface area contributed by atoms with Gasteiger partial charge in [-0.3, -0.25) is 0 Å². The molecule has 0 saturated carbocycles. The smallest absolute Gasteiger partial charge is 0.217 e. The number of fused-ring (bicyclic) bond motifs is 1. The van der Waals surface area contributed by atoms with E-state index in [0.717, 1.165) is 35.3 Å². The molecule has 5 rings (SSSR count). The average molecular weight is 471 g/mol. The number of hydrogen-bond donors (Lipinski definition) is 2. The predicted octanol–water partition coefficient (Wildman–Crippen LogP) is 3.55. The molecule has 0 unspecified atom stereocenters. The molecule has 0 radical (unpaired) electrons. The Morgan fingerprint density at radius 2 is 1.97 bits per heavy atom. The number of aromatic amines is 1. The SMILES string of the molecule is COc1ccc(F)cc1-c1ccnc2[nH]c(C3=CCN(S(=O)(=O)C4CCNCC4)CC3)cc12. The maximum Gasteiger partial charge on any atom is 0.217 e. The highest BCUT2D eigenvalue weighted by atomic mass is 32.2. The van der Waals surface area contributed by atoms with Crippen LogP contribution in [0.15, 0.2) is 42.6 Å². The van der Waals surface area contributed by atoms with Crippen molar-refractivity contribution >= 4 is 26.6 Å². The number of methoxy groups -OCH3 is 1. The van der Waals surface area contributed by atoms with Crippen molar-refractivity contribution in [1.29, 1.82) is 0 Å². The number of aromatic nitrogens is 2. The third-order valence-electron chi connectivity index (χ3n) is 6.57. The maximum absolute atomic E-state index is 14.0. The minimum absolute atomic E-state index is 0.296. The lowest BCUT2D eigenvalue weighted by Gasteiger charge is -2.31. The molecular formula is C24H27FN4O3S. The molecule has 2 N–H and O–H groups in total. The van der Waals surface area contributed by atoms with Crippen molar-refractivity contribution in [2.45, 2.75) is 24.5 Å². The van der Waals surface area contributed by atoms with Crippen LogP contribution in [-0.2, 0) is 10.0 Å². The Bertz CT molecular complexity index is 1310. The number of rotatable bonds is 5. The van der Waals surface area contributed by atoms with E-state index in [0.29, 0.717) is 49.3 Å². The molecule has 0 amide bonds. The third-order valence-corrected chi connectivity index (χ3v) is 8.93. The zero-order chi connectivity index (χ0) is 23.0. The van der Waals surface area contributed by atoms with Gasteiger partial charge in [-0.2, -0.15) is 4.31 Å². The number of ether oxygens (including phenoxy) is 1. The summed E-state index contributed by atoms with van der Waals surface area (Å²) in [6.07, 6.45) is 5.61. The molecule has 3 aromatic rings. The molecule has 2 aromatic heterocycles. The lowest BCUT2D eigenvalue weighted by atomic mass is 10.0. The van der Waals surface area contributed by atoms with Gasteiger partial charge in [0, 0.05) is 35.9 Å². The quantitative estimate of drug-likeness (QED) is 0.596. The molecule has 2 aliphatic rings. The van der Waals surface area contributed by atoms with E-state index in [1.807, 2.05) is 18.2 Å². The highest BCUT2D eigenvalue weighted by Gasteiger charge is 2.33. The summed E-state index contributed by atoms with van der Waals surface area (Å²) in [5.74, 6) is 0.249. The maximum atomic E-state index is 14.0. The Morgan fingerprint density at radius 1 is 1.15 bits per heavy atom. The summed E-state index contributed by atoms with van der Waals surface area (Å²) in [6, 6.07) is 8.31. The van der Waals surface area contributed by atoms with Crippen molar-refractivity contribution in [3.8, 4) is 16.9 Å². The molecule has 174 valence electrons. The van der Waals surface area contributed by atoms with E-state index in [1.54, 1.807) is 23.7 Å². The van der Waals surface area contributed by atoms with Crippen LogP contribution in [0.25, 0.3) is 27.7 Å². The molecule has 2 aliphatic heterocycles. The zero-order valence-electron chi connectivity index (χ0n) is 18.5. The van der Waals surface area contributed by atoms with Crippen molar-refractivity contribution in [2.75, 3.05) is 33.3 Å². The summed E-state index contributed by atoms with van der Waals surface area (Å²) >= 11 is 0.